The highest BCUT2D eigenvalue weighted by molar-refractivity contribution is 5.21. The molecule has 3 nitrogen and oxygen atoms in total. The standard InChI is InChI=1S/C10H14N2O.C3H8/c1-3-5-9(4-2)7-13-8-10(12)6-11;1-3-2/h3-5,10H,1-2,7-8,12H2;3H2,1-2H3/b9-5+;. The van der Waals surface area contributed by atoms with Gasteiger partial charge in [-0.25, -0.2) is 0 Å². The fraction of sp³-hybridized carbons (Fsp3) is 0.462. The number of ether oxygens (including phenoxy) is 1. The summed E-state index contributed by atoms with van der Waals surface area (Å²) in [7, 11) is 0. The molecule has 0 aromatic carbocycles. The molecule has 0 saturated heterocycles. The molecule has 0 fully saturated rings. The molecule has 16 heavy (non-hydrogen) atoms. The SMILES string of the molecule is C=C/C=C(\C=C)COCC(N)C#N.CCC. The van der Waals surface area contributed by atoms with Crippen molar-refractivity contribution in [2.75, 3.05) is 13.2 Å². The molecule has 0 heterocycles. The van der Waals surface area contributed by atoms with Gasteiger partial charge in [0.1, 0.15) is 6.04 Å². The molecule has 1 atom stereocenters. The third-order valence-electron chi connectivity index (χ3n) is 1.33. The van der Waals surface area contributed by atoms with E-state index in [1.165, 1.54) is 6.42 Å². The Morgan fingerprint density at radius 3 is 2.44 bits per heavy atom. The summed E-state index contributed by atoms with van der Waals surface area (Å²) in [6.07, 6.45) is 6.38. The van der Waals surface area contributed by atoms with Crippen LogP contribution in [0.4, 0.5) is 0 Å². The van der Waals surface area contributed by atoms with E-state index in [2.05, 4.69) is 27.0 Å². The van der Waals surface area contributed by atoms with Gasteiger partial charge in [0, 0.05) is 0 Å². The lowest BCUT2D eigenvalue weighted by Crippen LogP contribution is -2.24. The van der Waals surface area contributed by atoms with Crippen molar-refractivity contribution in [3.63, 3.8) is 0 Å². The van der Waals surface area contributed by atoms with Gasteiger partial charge in [-0.2, -0.15) is 5.26 Å². The van der Waals surface area contributed by atoms with Crippen LogP contribution in [-0.2, 0) is 4.74 Å². The Hall–Kier alpha value is -1.37. The molecule has 1 unspecified atom stereocenters. The molecule has 0 spiro atoms. The molecule has 0 aromatic rings. The van der Waals surface area contributed by atoms with Crippen molar-refractivity contribution in [1.29, 1.82) is 5.26 Å². The van der Waals surface area contributed by atoms with E-state index < -0.39 is 6.04 Å². The highest BCUT2D eigenvalue weighted by atomic mass is 16.5. The van der Waals surface area contributed by atoms with E-state index in [1.54, 1.807) is 18.2 Å². The van der Waals surface area contributed by atoms with Crippen molar-refractivity contribution in [3.05, 3.63) is 37.0 Å². The van der Waals surface area contributed by atoms with Crippen LogP contribution in [-0.4, -0.2) is 19.3 Å². The molecular formula is C13H22N2O. The Labute approximate surface area is 98.9 Å². The number of rotatable bonds is 6. The average Bonchev–Trinajstić information content (AvgIpc) is 2.28. The quantitative estimate of drug-likeness (QED) is 0.703. The molecule has 0 aromatic heterocycles. The molecule has 0 rings (SSSR count). The Kier molecular flexibility index (Phi) is 14.5. The van der Waals surface area contributed by atoms with Crippen LogP contribution in [0.2, 0.25) is 0 Å². The minimum atomic E-state index is -0.560. The van der Waals surface area contributed by atoms with E-state index in [1.807, 2.05) is 6.07 Å². The van der Waals surface area contributed by atoms with Gasteiger partial charge in [-0.1, -0.05) is 51.7 Å². The molecule has 0 radical (unpaired) electrons. The molecule has 3 heteroatoms. The maximum absolute atomic E-state index is 8.35. The monoisotopic (exact) mass is 222 g/mol. The first kappa shape index (κ1) is 17.0. The Bertz CT molecular complexity index is 251. The summed E-state index contributed by atoms with van der Waals surface area (Å²) in [5.74, 6) is 0. The molecule has 2 N–H and O–H groups in total. The van der Waals surface area contributed by atoms with Crippen molar-refractivity contribution in [2.24, 2.45) is 5.73 Å². The fourth-order valence-corrected chi connectivity index (χ4v) is 0.667. The van der Waals surface area contributed by atoms with E-state index in [9.17, 15) is 0 Å². The van der Waals surface area contributed by atoms with Crippen molar-refractivity contribution >= 4 is 0 Å². The normalized spacial score (nSPS) is 11.8. The van der Waals surface area contributed by atoms with Crippen molar-refractivity contribution in [2.45, 2.75) is 26.3 Å². The smallest absolute Gasteiger partial charge is 0.116 e. The van der Waals surface area contributed by atoms with Gasteiger partial charge in [0.2, 0.25) is 0 Å². The zero-order chi connectivity index (χ0) is 12.8. The molecule has 0 aliphatic carbocycles. The third kappa shape index (κ3) is 12.6. The van der Waals surface area contributed by atoms with Crippen molar-refractivity contribution in [3.8, 4) is 6.07 Å². The van der Waals surface area contributed by atoms with Crippen LogP contribution in [0.25, 0.3) is 0 Å². The number of nitriles is 1. The summed E-state index contributed by atoms with van der Waals surface area (Å²) in [6.45, 7) is 12.0. The first-order chi connectivity index (χ1) is 7.65. The van der Waals surface area contributed by atoms with Crippen molar-refractivity contribution < 1.29 is 4.74 Å². The number of hydrogen-bond donors (Lipinski definition) is 1. The fourth-order valence-electron chi connectivity index (χ4n) is 0.667. The number of allylic oxidation sites excluding steroid dienone is 2. The molecule has 90 valence electrons. The molecule has 0 aliphatic heterocycles. The first-order valence-corrected chi connectivity index (χ1v) is 5.33. The second kappa shape index (κ2) is 13.6. The van der Waals surface area contributed by atoms with Crippen LogP contribution in [0.3, 0.4) is 0 Å². The van der Waals surface area contributed by atoms with Gasteiger partial charge < -0.3 is 10.5 Å². The molecule has 0 bridgehead atoms. The Balaban J connectivity index is 0. The van der Waals surface area contributed by atoms with Crippen LogP contribution in [0.15, 0.2) is 37.0 Å². The second-order valence-corrected chi connectivity index (χ2v) is 3.14. The van der Waals surface area contributed by atoms with Gasteiger partial charge in [0.25, 0.3) is 0 Å². The predicted octanol–water partition coefficient (Wildman–Crippen LogP) is 2.57. The summed E-state index contributed by atoms with van der Waals surface area (Å²) in [5.41, 5.74) is 6.24. The minimum Gasteiger partial charge on any atom is -0.374 e. The lowest BCUT2D eigenvalue weighted by atomic mass is 10.2. The van der Waals surface area contributed by atoms with Gasteiger partial charge in [0.05, 0.1) is 19.3 Å². The van der Waals surface area contributed by atoms with Gasteiger partial charge in [-0.15, -0.1) is 0 Å². The largest absolute Gasteiger partial charge is 0.374 e. The summed E-state index contributed by atoms with van der Waals surface area (Å²) in [5, 5.41) is 8.35. The van der Waals surface area contributed by atoms with Crippen LogP contribution in [0.1, 0.15) is 20.3 Å². The molecule has 0 aliphatic rings. The number of hydrogen-bond acceptors (Lipinski definition) is 3. The number of nitrogens with zero attached hydrogens (tertiary/aromatic N) is 1. The third-order valence-corrected chi connectivity index (χ3v) is 1.33. The number of nitrogens with two attached hydrogens (primary N) is 1. The van der Waals surface area contributed by atoms with E-state index >= 15 is 0 Å². The lowest BCUT2D eigenvalue weighted by Gasteiger charge is -2.05. The van der Waals surface area contributed by atoms with Gasteiger partial charge >= 0.3 is 0 Å². The Morgan fingerprint density at radius 2 is 2.06 bits per heavy atom. The van der Waals surface area contributed by atoms with E-state index in [4.69, 9.17) is 15.7 Å². The van der Waals surface area contributed by atoms with Crippen LogP contribution in [0, 0.1) is 11.3 Å². The van der Waals surface area contributed by atoms with Gasteiger partial charge in [-0.3, -0.25) is 0 Å². The second-order valence-electron chi connectivity index (χ2n) is 3.14. The lowest BCUT2D eigenvalue weighted by molar-refractivity contribution is 0.154. The van der Waals surface area contributed by atoms with Crippen LogP contribution < -0.4 is 5.73 Å². The summed E-state index contributed by atoms with van der Waals surface area (Å²) >= 11 is 0. The highest BCUT2D eigenvalue weighted by Gasteiger charge is 1.99. The zero-order valence-electron chi connectivity index (χ0n) is 10.3. The maximum Gasteiger partial charge on any atom is 0.116 e. The van der Waals surface area contributed by atoms with E-state index in [-0.39, 0.29) is 6.61 Å². The predicted molar refractivity (Wildman–Crippen MR) is 68.8 cm³/mol. The van der Waals surface area contributed by atoms with E-state index in [0.29, 0.717) is 6.61 Å². The first-order valence-electron chi connectivity index (χ1n) is 5.33. The van der Waals surface area contributed by atoms with Crippen molar-refractivity contribution in [1.82, 2.24) is 0 Å². The summed E-state index contributed by atoms with van der Waals surface area (Å²) in [6, 6.07) is 1.32. The maximum atomic E-state index is 8.35. The topological polar surface area (TPSA) is 59.0 Å². The Morgan fingerprint density at radius 1 is 1.50 bits per heavy atom. The van der Waals surface area contributed by atoms with Gasteiger partial charge in [-0.05, 0) is 5.57 Å². The molecule has 0 amide bonds. The average molecular weight is 222 g/mol. The van der Waals surface area contributed by atoms with E-state index in [0.717, 1.165) is 5.57 Å². The highest BCUT2D eigenvalue weighted by Crippen LogP contribution is 1.97. The molecule has 0 saturated carbocycles. The summed E-state index contributed by atoms with van der Waals surface area (Å²) < 4.78 is 5.16. The van der Waals surface area contributed by atoms with Gasteiger partial charge in [0.15, 0.2) is 0 Å². The van der Waals surface area contributed by atoms with Crippen LogP contribution in [0.5, 0.6) is 0 Å². The minimum absolute atomic E-state index is 0.235. The summed E-state index contributed by atoms with van der Waals surface area (Å²) in [4.78, 5) is 0. The zero-order valence-corrected chi connectivity index (χ0v) is 10.3. The molecular weight excluding hydrogens is 200 g/mol. The van der Waals surface area contributed by atoms with Crippen LogP contribution >= 0.6 is 0 Å².